The summed E-state index contributed by atoms with van der Waals surface area (Å²) in [6, 6.07) is 4.09. The molecule has 1 atom stereocenters. The summed E-state index contributed by atoms with van der Waals surface area (Å²) < 4.78 is 0. The third-order valence-electron chi connectivity index (χ3n) is 2.55. The molecule has 0 fully saturated rings. The van der Waals surface area contributed by atoms with E-state index in [-0.39, 0.29) is 5.92 Å². The van der Waals surface area contributed by atoms with Crippen molar-refractivity contribution in [1.29, 1.82) is 5.26 Å². The lowest BCUT2D eigenvalue weighted by Crippen LogP contribution is -2.28. The molecular weight excluding hydrogens is 200 g/mol. The number of nitriles is 1. The van der Waals surface area contributed by atoms with E-state index in [1.165, 1.54) is 0 Å². The summed E-state index contributed by atoms with van der Waals surface area (Å²) in [6.07, 6.45) is 1.77. The summed E-state index contributed by atoms with van der Waals surface area (Å²) in [7, 11) is 0. The smallest absolute Gasteiger partial charge is 0.130 e. The number of rotatable bonds is 4. The zero-order valence-corrected chi connectivity index (χ0v) is 10.1. The summed E-state index contributed by atoms with van der Waals surface area (Å²) in [5.74, 6) is 0.831. The van der Waals surface area contributed by atoms with Gasteiger partial charge in [0.2, 0.25) is 0 Å². The molecule has 0 aliphatic heterocycles. The molecule has 2 N–H and O–H groups in total. The molecular formula is C12H18N4. The largest absolute Gasteiger partial charge is 0.398 e. The lowest BCUT2D eigenvalue weighted by molar-refractivity contribution is 0.679. The standard InChI is InChI=1S/C12H18N4/c1-4-16(8-9(2)6-13)12-5-11(14)10(3)7-15-12/h5,7,9H,4,8H2,1-3H3,(H2,14,15). The maximum atomic E-state index is 8.80. The van der Waals surface area contributed by atoms with E-state index >= 15 is 0 Å². The minimum atomic E-state index is -0.00993. The number of aryl methyl sites for hydroxylation is 1. The molecule has 0 aromatic carbocycles. The second-order valence-corrected chi connectivity index (χ2v) is 3.97. The monoisotopic (exact) mass is 218 g/mol. The number of aromatic nitrogens is 1. The average Bonchev–Trinajstić information content (AvgIpc) is 2.29. The van der Waals surface area contributed by atoms with Crippen molar-refractivity contribution < 1.29 is 0 Å². The molecule has 16 heavy (non-hydrogen) atoms. The molecule has 1 unspecified atom stereocenters. The Morgan fingerprint density at radius 2 is 2.31 bits per heavy atom. The Labute approximate surface area is 96.7 Å². The second kappa shape index (κ2) is 5.36. The molecule has 0 amide bonds. The van der Waals surface area contributed by atoms with Gasteiger partial charge in [0.15, 0.2) is 0 Å². The van der Waals surface area contributed by atoms with Crippen LogP contribution in [0.1, 0.15) is 19.4 Å². The van der Waals surface area contributed by atoms with E-state index in [0.717, 1.165) is 23.6 Å². The van der Waals surface area contributed by atoms with E-state index in [1.54, 1.807) is 6.20 Å². The zero-order chi connectivity index (χ0) is 12.1. The summed E-state index contributed by atoms with van der Waals surface area (Å²) >= 11 is 0. The first-order valence-electron chi connectivity index (χ1n) is 5.45. The lowest BCUT2D eigenvalue weighted by Gasteiger charge is -2.23. The van der Waals surface area contributed by atoms with Gasteiger partial charge in [0.25, 0.3) is 0 Å². The first-order chi connectivity index (χ1) is 7.58. The van der Waals surface area contributed by atoms with Crippen LogP contribution in [0, 0.1) is 24.2 Å². The molecule has 1 aromatic heterocycles. The van der Waals surface area contributed by atoms with E-state index in [0.29, 0.717) is 6.54 Å². The van der Waals surface area contributed by atoms with Crippen LogP contribution in [0.5, 0.6) is 0 Å². The highest BCUT2D eigenvalue weighted by molar-refractivity contribution is 5.54. The summed E-state index contributed by atoms with van der Waals surface area (Å²) in [5, 5.41) is 8.80. The van der Waals surface area contributed by atoms with Gasteiger partial charge in [-0.2, -0.15) is 5.26 Å². The fourth-order valence-electron chi connectivity index (χ4n) is 1.46. The predicted octanol–water partition coefficient (Wildman–Crippen LogP) is 1.96. The van der Waals surface area contributed by atoms with Crippen molar-refractivity contribution in [3.8, 4) is 6.07 Å². The van der Waals surface area contributed by atoms with Gasteiger partial charge in [0.1, 0.15) is 5.82 Å². The molecule has 4 nitrogen and oxygen atoms in total. The number of hydrogen-bond donors (Lipinski definition) is 1. The Morgan fingerprint density at radius 3 is 2.81 bits per heavy atom. The number of nitrogen functional groups attached to an aromatic ring is 1. The molecule has 4 heteroatoms. The fourth-order valence-corrected chi connectivity index (χ4v) is 1.46. The fraction of sp³-hybridized carbons (Fsp3) is 0.500. The average molecular weight is 218 g/mol. The van der Waals surface area contributed by atoms with Crippen molar-refractivity contribution in [1.82, 2.24) is 4.98 Å². The van der Waals surface area contributed by atoms with Gasteiger partial charge in [-0.3, -0.25) is 0 Å². The molecule has 1 aromatic rings. The molecule has 0 spiro atoms. The van der Waals surface area contributed by atoms with Gasteiger partial charge in [-0.1, -0.05) is 0 Å². The van der Waals surface area contributed by atoms with E-state index < -0.39 is 0 Å². The third kappa shape index (κ3) is 2.86. The van der Waals surface area contributed by atoms with Crippen LogP contribution in [-0.2, 0) is 0 Å². The normalized spacial score (nSPS) is 11.9. The van der Waals surface area contributed by atoms with Gasteiger partial charge < -0.3 is 10.6 Å². The molecule has 0 radical (unpaired) electrons. The maximum absolute atomic E-state index is 8.80. The first kappa shape index (κ1) is 12.3. The van der Waals surface area contributed by atoms with E-state index in [1.807, 2.05) is 26.8 Å². The Kier molecular flexibility index (Phi) is 4.12. The highest BCUT2D eigenvalue weighted by Crippen LogP contribution is 2.18. The quantitative estimate of drug-likeness (QED) is 0.839. The van der Waals surface area contributed by atoms with Crippen molar-refractivity contribution in [2.45, 2.75) is 20.8 Å². The van der Waals surface area contributed by atoms with Crippen LogP contribution in [-0.4, -0.2) is 18.1 Å². The summed E-state index contributed by atoms with van der Waals surface area (Å²) in [5.41, 5.74) is 7.57. The number of nitrogens with two attached hydrogens (primary N) is 1. The van der Waals surface area contributed by atoms with E-state index in [9.17, 15) is 0 Å². The Morgan fingerprint density at radius 1 is 1.62 bits per heavy atom. The van der Waals surface area contributed by atoms with Crippen LogP contribution >= 0.6 is 0 Å². The zero-order valence-electron chi connectivity index (χ0n) is 10.1. The highest BCUT2D eigenvalue weighted by Gasteiger charge is 2.10. The topological polar surface area (TPSA) is 65.9 Å². The third-order valence-corrected chi connectivity index (χ3v) is 2.55. The van der Waals surface area contributed by atoms with Crippen molar-refractivity contribution in [3.63, 3.8) is 0 Å². The van der Waals surface area contributed by atoms with Gasteiger partial charge in [-0.05, 0) is 26.3 Å². The number of pyridine rings is 1. The van der Waals surface area contributed by atoms with Crippen LogP contribution < -0.4 is 10.6 Å². The van der Waals surface area contributed by atoms with Gasteiger partial charge in [-0.15, -0.1) is 0 Å². The minimum Gasteiger partial charge on any atom is -0.398 e. The SMILES string of the molecule is CCN(CC(C)C#N)c1cc(N)c(C)cn1. The highest BCUT2D eigenvalue weighted by atomic mass is 15.2. The molecule has 0 aliphatic rings. The second-order valence-electron chi connectivity index (χ2n) is 3.97. The number of nitrogens with zero attached hydrogens (tertiary/aromatic N) is 3. The molecule has 1 rings (SSSR count). The van der Waals surface area contributed by atoms with Crippen LogP contribution in [0.3, 0.4) is 0 Å². The molecule has 86 valence electrons. The number of anilines is 2. The molecule has 1 heterocycles. The van der Waals surface area contributed by atoms with Crippen LogP contribution in [0.25, 0.3) is 0 Å². The van der Waals surface area contributed by atoms with Gasteiger partial charge in [0, 0.05) is 31.0 Å². The molecule has 0 aliphatic carbocycles. The van der Waals surface area contributed by atoms with E-state index in [2.05, 4.69) is 16.0 Å². The van der Waals surface area contributed by atoms with Crippen LogP contribution in [0.2, 0.25) is 0 Å². The van der Waals surface area contributed by atoms with Crippen LogP contribution in [0.4, 0.5) is 11.5 Å². The number of hydrogen-bond acceptors (Lipinski definition) is 4. The van der Waals surface area contributed by atoms with E-state index in [4.69, 9.17) is 11.0 Å². The Bertz CT molecular complexity index is 394. The van der Waals surface area contributed by atoms with Crippen molar-refractivity contribution in [3.05, 3.63) is 17.8 Å². The Balaban J connectivity index is 2.87. The molecule has 0 bridgehead atoms. The Hall–Kier alpha value is -1.76. The first-order valence-corrected chi connectivity index (χ1v) is 5.45. The lowest BCUT2D eigenvalue weighted by atomic mass is 10.2. The summed E-state index contributed by atoms with van der Waals surface area (Å²) in [6.45, 7) is 7.38. The van der Waals surface area contributed by atoms with Crippen molar-refractivity contribution in [2.75, 3.05) is 23.7 Å². The van der Waals surface area contributed by atoms with Crippen molar-refractivity contribution in [2.24, 2.45) is 5.92 Å². The van der Waals surface area contributed by atoms with Crippen LogP contribution in [0.15, 0.2) is 12.3 Å². The van der Waals surface area contributed by atoms with Gasteiger partial charge in [0.05, 0.1) is 12.0 Å². The van der Waals surface area contributed by atoms with Crippen molar-refractivity contribution >= 4 is 11.5 Å². The molecule has 0 saturated heterocycles. The maximum Gasteiger partial charge on any atom is 0.130 e. The minimum absolute atomic E-state index is 0.00993. The predicted molar refractivity (Wildman–Crippen MR) is 66.1 cm³/mol. The van der Waals surface area contributed by atoms with Gasteiger partial charge in [-0.25, -0.2) is 4.98 Å². The molecule has 0 saturated carbocycles. The summed E-state index contributed by atoms with van der Waals surface area (Å²) in [4.78, 5) is 6.39. The van der Waals surface area contributed by atoms with Gasteiger partial charge >= 0.3 is 0 Å².